The fourth-order valence-electron chi connectivity index (χ4n) is 4.07. The molecule has 6 nitrogen and oxygen atoms in total. The molecule has 0 radical (unpaired) electrons. The summed E-state index contributed by atoms with van der Waals surface area (Å²) in [6.45, 7) is 1.89. The number of nitrogens with one attached hydrogen (secondary N) is 2. The number of hydrogen-bond acceptors (Lipinski definition) is 4. The van der Waals surface area contributed by atoms with Crippen LogP contribution in [0.4, 0.5) is 4.39 Å². The van der Waals surface area contributed by atoms with E-state index in [1.807, 2.05) is 49.4 Å². The Morgan fingerprint density at radius 3 is 2.62 bits per heavy atom. The molecule has 0 amide bonds. The number of aryl methyl sites for hydroxylation is 1. The molecule has 0 aliphatic rings. The first-order valence-electron chi connectivity index (χ1n) is 10.2. The van der Waals surface area contributed by atoms with Crippen LogP contribution < -0.4 is 0 Å². The van der Waals surface area contributed by atoms with Gasteiger partial charge in [0.2, 0.25) is 0 Å². The number of aromatic nitrogens is 6. The molecule has 0 atom stereocenters. The number of benzene rings is 1. The Bertz CT molecular complexity index is 1580. The number of halogens is 1. The number of hydrogen-bond donors (Lipinski definition) is 2. The van der Waals surface area contributed by atoms with Crippen LogP contribution in [-0.2, 0) is 0 Å². The Balaban J connectivity index is 1.52. The van der Waals surface area contributed by atoms with Gasteiger partial charge in [-0.05, 0) is 66.1 Å². The van der Waals surface area contributed by atoms with Crippen molar-refractivity contribution in [1.29, 1.82) is 0 Å². The summed E-state index contributed by atoms with van der Waals surface area (Å²) in [5, 5.41) is 9.40. The summed E-state index contributed by atoms with van der Waals surface area (Å²) in [5.41, 5.74) is 7.28. The summed E-state index contributed by atoms with van der Waals surface area (Å²) in [5.74, 6) is -0.256. The lowest BCUT2D eigenvalue weighted by Gasteiger charge is -2.05. The van der Waals surface area contributed by atoms with Gasteiger partial charge in [-0.15, -0.1) is 0 Å². The van der Waals surface area contributed by atoms with Crippen LogP contribution >= 0.6 is 0 Å². The molecule has 32 heavy (non-hydrogen) atoms. The maximum Gasteiger partial charge on any atom is 0.138 e. The maximum absolute atomic E-state index is 14.0. The highest BCUT2D eigenvalue weighted by atomic mass is 19.1. The number of nitrogens with zero attached hydrogens (tertiary/aromatic N) is 4. The summed E-state index contributed by atoms with van der Waals surface area (Å²) in [6, 6.07) is 16.7. The van der Waals surface area contributed by atoms with Crippen LogP contribution in [0.25, 0.3) is 55.8 Å². The van der Waals surface area contributed by atoms with Gasteiger partial charge in [-0.25, -0.2) is 9.37 Å². The molecule has 7 heteroatoms. The minimum Gasteiger partial charge on any atom is -0.338 e. The normalized spacial score (nSPS) is 11.4. The molecule has 6 aromatic rings. The van der Waals surface area contributed by atoms with E-state index >= 15 is 0 Å². The summed E-state index contributed by atoms with van der Waals surface area (Å²) < 4.78 is 14.0. The van der Waals surface area contributed by atoms with E-state index in [9.17, 15) is 4.39 Å². The van der Waals surface area contributed by atoms with Crippen molar-refractivity contribution < 1.29 is 4.39 Å². The Morgan fingerprint density at radius 1 is 0.844 bits per heavy atom. The number of fused-ring (bicyclic) bond motifs is 2. The van der Waals surface area contributed by atoms with Crippen molar-refractivity contribution in [1.82, 2.24) is 30.1 Å². The van der Waals surface area contributed by atoms with Crippen LogP contribution in [-0.4, -0.2) is 30.1 Å². The van der Waals surface area contributed by atoms with Gasteiger partial charge in [-0.1, -0.05) is 12.1 Å². The van der Waals surface area contributed by atoms with Gasteiger partial charge in [0.05, 0.1) is 28.8 Å². The van der Waals surface area contributed by atoms with Crippen molar-refractivity contribution >= 4 is 21.9 Å². The topological polar surface area (TPSA) is 83.1 Å². The predicted octanol–water partition coefficient (Wildman–Crippen LogP) is 5.68. The number of aromatic amines is 2. The first kappa shape index (κ1) is 18.4. The number of H-pyrrole nitrogens is 2. The molecular formula is C25H17FN6. The van der Waals surface area contributed by atoms with E-state index in [-0.39, 0.29) is 5.82 Å². The largest absolute Gasteiger partial charge is 0.338 e. The summed E-state index contributed by atoms with van der Waals surface area (Å²) in [6.07, 6.45) is 5.23. The molecule has 5 heterocycles. The first-order chi connectivity index (χ1) is 15.7. The molecule has 5 aromatic heterocycles. The molecular weight excluding hydrogens is 403 g/mol. The second-order valence-electron chi connectivity index (χ2n) is 7.72. The van der Waals surface area contributed by atoms with Crippen molar-refractivity contribution in [3.05, 3.63) is 84.6 Å². The van der Waals surface area contributed by atoms with E-state index in [4.69, 9.17) is 0 Å². The minimum atomic E-state index is -0.256. The summed E-state index contributed by atoms with van der Waals surface area (Å²) >= 11 is 0. The molecule has 6 rings (SSSR count). The first-order valence-corrected chi connectivity index (χ1v) is 10.2. The highest BCUT2D eigenvalue weighted by Crippen LogP contribution is 2.34. The van der Waals surface area contributed by atoms with E-state index < -0.39 is 0 Å². The van der Waals surface area contributed by atoms with E-state index in [0.29, 0.717) is 0 Å². The summed E-state index contributed by atoms with van der Waals surface area (Å²) in [4.78, 5) is 16.7. The number of pyridine rings is 3. The van der Waals surface area contributed by atoms with Crippen molar-refractivity contribution in [3.8, 4) is 33.9 Å². The quantitative estimate of drug-likeness (QED) is 0.386. The third-order valence-corrected chi connectivity index (χ3v) is 5.51. The van der Waals surface area contributed by atoms with Crippen LogP contribution in [0.2, 0.25) is 0 Å². The molecule has 0 fully saturated rings. The average Bonchev–Trinajstić information content (AvgIpc) is 3.42. The zero-order valence-corrected chi connectivity index (χ0v) is 17.1. The molecule has 0 unspecified atom stereocenters. The lowest BCUT2D eigenvalue weighted by atomic mass is 10.0. The molecule has 0 saturated carbocycles. The molecule has 154 valence electrons. The van der Waals surface area contributed by atoms with Crippen molar-refractivity contribution in [2.24, 2.45) is 0 Å². The maximum atomic E-state index is 14.0. The van der Waals surface area contributed by atoms with Gasteiger partial charge in [0.25, 0.3) is 0 Å². The fourth-order valence-corrected chi connectivity index (χ4v) is 4.07. The monoisotopic (exact) mass is 420 g/mol. The van der Waals surface area contributed by atoms with Gasteiger partial charge in [-0.2, -0.15) is 5.10 Å². The molecule has 2 N–H and O–H groups in total. The Hall–Kier alpha value is -4.39. The van der Waals surface area contributed by atoms with Crippen LogP contribution in [0.1, 0.15) is 5.56 Å². The van der Waals surface area contributed by atoms with Gasteiger partial charge >= 0.3 is 0 Å². The van der Waals surface area contributed by atoms with Crippen molar-refractivity contribution in [2.45, 2.75) is 6.92 Å². The highest BCUT2D eigenvalue weighted by Gasteiger charge is 2.16. The zero-order chi connectivity index (χ0) is 21.7. The zero-order valence-electron chi connectivity index (χ0n) is 17.1. The molecule has 0 bridgehead atoms. The second kappa shape index (κ2) is 7.09. The molecule has 0 aliphatic heterocycles. The van der Waals surface area contributed by atoms with E-state index in [2.05, 4.69) is 30.1 Å². The fraction of sp³-hybridized carbons (Fsp3) is 0.0400. The van der Waals surface area contributed by atoms with Crippen LogP contribution in [0, 0.1) is 12.7 Å². The van der Waals surface area contributed by atoms with Gasteiger partial charge in [0, 0.05) is 23.2 Å². The second-order valence-corrected chi connectivity index (χ2v) is 7.72. The van der Waals surface area contributed by atoms with Crippen molar-refractivity contribution in [2.75, 3.05) is 0 Å². The van der Waals surface area contributed by atoms with Gasteiger partial charge in [-0.3, -0.25) is 15.1 Å². The molecule has 0 saturated heterocycles. The van der Waals surface area contributed by atoms with E-state index in [1.165, 1.54) is 6.07 Å². The van der Waals surface area contributed by atoms with Gasteiger partial charge in [0.15, 0.2) is 0 Å². The average molecular weight is 420 g/mol. The van der Waals surface area contributed by atoms with Gasteiger partial charge in [0.1, 0.15) is 17.2 Å². The smallest absolute Gasteiger partial charge is 0.138 e. The molecule has 0 aliphatic carbocycles. The highest BCUT2D eigenvalue weighted by molar-refractivity contribution is 6.00. The molecule has 1 aromatic carbocycles. The Morgan fingerprint density at radius 2 is 1.78 bits per heavy atom. The van der Waals surface area contributed by atoms with Gasteiger partial charge < -0.3 is 4.98 Å². The minimum absolute atomic E-state index is 0.256. The third kappa shape index (κ3) is 3.02. The van der Waals surface area contributed by atoms with Crippen LogP contribution in [0.5, 0.6) is 0 Å². The predicted molar refractivity (Wildman–Crippen MR) is 122 cm³/mol. The molecule has 0 spiro atoms. The Kier molecular flexibility index (Phi) is 4.07. The third-order valence-electron chi connectivity index (χ3n) is 5.51. The Labute approximate surface area is 182 Å². The van der Waals surface area contributed by atoms with E-state index in [1.54, 1.807) is 24.7 Å². The SMILES string of the molecule is Cc1cc(F)cc(-c2ccnc3[nH]c(-c4n[nH]c5cnc(-c6ccccn6)cc45)cc23)c1. The lowest BCUT2D eigenvalue weighted by molar-refractivity contribution is 0.627. The van der Waals surface area contributed by atoms with E-state index in [0.717, 1.165) is 61.4 Å². The lowest BCUT2D eigenvalue weighted by Crippen LogP contribution is -1.86. The standard InChI is InChI=1S/C25H17FN6/c1-14-8-15(10-16(26)9-14)17-5-7-28-25-18(17)11-22(30-25)24-19-12-21(20-4-2-3-6-27-20)29-13-23(19)31-32-24/h2-13H,1H3,(H,28,30)(H,31,32). The number of rotatable bonds is 3. The van der Waals surface area contributed by atoms with Crippen LogP contribution in [0.15, 0.2) is 73.2 Å². The summed E-state index contributed by atoms with van der Waals surface area (Å²) in [7, 11) is 0. The van der Waals surface area contributed by atoms with Crippen LogP contribution in [0.3, 0.4) is 0 Å². The van der Waals surface area contributed by atoms with Crippen molar-refractivity contribution in [3.63, 3.8) is 0 Å².